The molecule has 0 radical (unpaired) electrons. The van der Waals surface area contributed by atoms with Crippen molar-refractivity contribution in [2.45, 2.75) is 26.4 Å². The van der Waals surface area contributed by atoms with Crippen LogP contribution in [-0.2, 0) is 6.54 Å². The zero-order chi connectivity index (χ0) is 18.4. The molecular formula is C19H25N3O3S. The summed E-state index contributed by atoms with van der Waals surface area (Å²) in [5.74, 6) is 1.47. The average molecular weight is 375 g/mol. The van der Waals surface area contributed by atoms with Gasteiger partial charge in [-0.25, -0.2) is 4.79 Å². The van der Waals surface area contributed by atoms with E-state index in [0.717, 1.165) is 30.2 Å². The highest BCUT2D eigenvalue weighted by Crippen LogP contribution is 2.32. The molecule has 0 saturated heterocycles. The summed E-state index contributed by atoms with van der Waals surface area (Å²) in [6.07, 6.45) is 0. The van der Waals surface area contributed by atoms with Crippen molar-refractivity contribution in [3.05, 3.63) is 46.2 Å². The second kappa shape index (κ2) is 8.91. The van der Waals surface area contributed by atoms with E-state index in [4.69, 9.17) is 9.47 Å². The van der Waals surface area contributed by atoms with E-state index in [1.54, 1.807) is 11.3 Å². The topological polar surface area (TPSA) is 62.8 Å². The largest absolute Gasteiger partial charge is 0.454 e. The molecule has 6 nitrogen and oxygen atoms in total. The summed E-state index contributed by atoms with van der Waals surface area (Å²) in [6, 6.07) is 7.83. The Morgan fingerprint density at radius 3 is 2.73 bits per heavy atom. The van der Waals surface area contributed by atoms with Gasteiger partial charge in [-0.05, 0) is 53.2 Å². The van der Waals surface area contributed by atoms with Gasteiger partial charge in [-0.2, -0.15) is 11.3 Å². The van der Waals surface area contributed by atoms with Crippen LogP contribution in [0.1, 0.15) is 31.0 Å². The van der Waals surface area contributed by atoms with Crippen molar-refractivity contribution in [1.29, 1.82) is 0 Å². The summed E-state index contributed by atoms with van der Waals surface area (Å²) in [4.78, 5) is 14.6. The molecule has 2 amide bonds. The number of rotatable bonds is 8. The Kier molecular flexibility index (Phi) is 6.35. The Morgan fingerprint density at radius 2 is 2.00 bits per heavy atom. The van der Waals surface area contributed by atoms with Gasteiger partial charge in [-0.1, -0.05) is 19.9 Å². The van der Waals surface area contributed by atoms with Crippen molar-refractivity contribution in [1.82, 2.24) is 15.5 Å². The first-order valence-electron chi connectivity index (χ1n) is 8.87. The number of urea groups is 1. The highest BCUT2D eigenvalue weighted by Gasteiger charge is 2.19. The minimum Gasteiger partial charge on any atom is -0.454 e. The van der Waals surface area contributed by atoms with Crippen LogP contribution in [0.2, 0.25) is 0 Å². The summed E-state index contributed by atoms with van der Waals surface area (Å²) < 4.78 is 10.7. The molecule has 0 fully saturated rings. The van der Waals surface area contributed by atoms with Gasteiger partial charge < -0.3 is 20.1 Å². The van der Waals surface area contributed by atoms with Crippen LogP contribution in [0.25, 0.3) is 0 Å². The molecule has 2 N–H and O–H groups in total. The smallest absolute Gasteiger partial charge is 0.315 e. The van der Waals surface area contributed by atoms with Gasteiger partial charge in [0.15, 0.2) is 11.5 Å². The van der Waals surface area contributed by atoms with Crippen LogP contribution in [0, 0.1) is 0 Å². The zero-order valence-corrected chi connectivity index (χ0v) is 16.0. The predicted molar refractivity (Wildman–Crippen MR) is 103 cm³/mol. The lowest BCUT2D eigenvalue weighted by Gasteiger charge is -2.29. The summed E-state index contributed by atoms with van der Waals surface area (Å²) in [6.45, 7) is 7.43. The molecule has 1 atom stereocenters. The van der Waals surface area contributed by atoms with Crippen molar-refractivity contribution in [2.75, 3.05) is 26.4 Å². The Balaban J connectivity index is 1.52. The number of hydrogen-bond acceptors (Lipinski definition) is 5. The highest BCUT2D eigenvalue weighted by molar-refractivity contribution is 7.07. The van der Waals surface area contributed by atoms with Gasteiger partial charge in [0, 0.05) is 13.1 Å². The zero-order valence-electron chi connectivity index (χ0n) is 15.2. The molecule has 0 bridgehead atoms. The molecule has 1 aliphatic heterocycles. The first-order chi connectivity index (χ1) is 12.7. The minimum atomic E-state index is -0.171. The normalized spacial score (nSPS) is 13.7. The molecule has 0 spiro atoms. The number of likely N-dealkylation sites (N-methyl/N-ethyl adjacent to an activating group) is 1. The van der Waals surface area contributed by atoms with Gasteiger partial charge in [0.05, 0.1) is 6.04 Å². The molecule has 0 saturated carbocycles. The first kappa shape index (κ1) is 18.5. The van der Waals surface area contributed by atoms with E-state index < -0.39 is 0 Å². The van der Waals surface area contributed by atoms with E-state index >= 15 is 0 Å². The summed E-state index contributed by atoms with van der Waals surface area (Å²) in [7, 11) is 0. The van der Waals surface area contributed by atoms with Crippen molar-refractivity contribution < 1.29 is 14.3 Å². The molecule has 7 heteroatoms. The summed E-state index contributed by atoms with van der Waals surface area (Å²) >= 11 is 1.68. The molecule has 3 rings (SSSR count). The van der Waals surface area contributed by atoms with Gasteiger partial charge in [-0.3, -0.25) is 4.90 Å². The molecule has 140 valence electrons. The van der Waals surface area contributed by atoms with Gasteiger partial charge in [0.25, 0.3) is 0 Å². The fraction of sp³-hybridized carbons (Fsp3) is 0.421. The highest BCUT2D eigenvalue weighted by atomic mass is 32.1. The third kappa shape index (κ3) is 4.47. The van der Waals surface area contributed by atoms with Crippen molar-refractivity contribution in [3.8, 4) is 11.5 Å². The molecule has 2 aromatic rings. The van der Waals surface area contributed by atoms with Crippen molar-refractivity contribution >= 4 is 17.4 Å². The third-order valence-corrected chi connectivity index (χ3v) is 5.23. The second-order valence-electron chi connectivity index (χ2n) is 6.04. The number of nitrogens with one attached hydrogen (secondary N) is 2. The number of benzene rings is 1. The van der Waals surface area contributed by atoms with E-state index in [2.05, 4.69) is 46.2 Å². The molecule has 1 aliphatic rings. The van der Waals surface area contributed by atoms with E-state index in [1.807, 2.05) is 18.2 Å². The lowest BCUT2D eigenvalue weighted by molar-refractivity contribution is 0.174. The lowest BCUT2D eigenvalue weighted by Crippen LogP contribution is -2.41. The quantitative estimate of drug-likeness (QED) is 0.743. The standard InChI is InChI=1S/C19H25N3O3S/c1-3-22(4-2)16(15-7-8-26-12-15)11-21-19(23)20-10-14-5-6-17-18(9-14)25-13-24-17/h5-9,12,16H,3-4,10-11,13H2,1-2H3,(H2,20,21,23)/t16-/m1/s1. The number of ether oxygens (including phenoxy) is 2. The monoisotopic (exact) mass is 375 g/mol. The fourth-order valence-electron chi connectivity index (χ4n) is 3.07. The summed E-state index contributed by atoms with van der Waals surface area (Å²) in [5.41, 5.74) is 2.22. The maximum Gasteiger partial charge on any atom is 0.315 e. The van der Waals surface area contributed by atoms with Crippen LogP contribution >= 0.6 is 11.3 Å². The minimum absolute atomic E-state index is 0.171. The number of fused-ring (bicyclic) bond motifs is 1. The number of thiophene rings is 1. The Labute approximate surface area is 158 Å². The van der Waals surface area contributed by atoms with Gasteiger partial charge >= 0.3 is 6.03 Å². The van der Waals surface area contributed by atoms with Crippen LogP contribution in [0.5, 0.6) is 11.5 Å². The van der Waals surface area contributed by atoms with E-state index in [0.29, 0.717) is 13.1 Å². The molecule has 2 heterocycles. The van der Waals surface area contributed by atoms with Crippen LogP contribution in [-0.4, -0.2) is 37.4 Å². The SMILES string of the molecule is CCN(CC)[C@H](CNC(=O)NCc1ccc2c(c1)OCO2)c1ccsc1. The molecule has 26 heavy (non-hydrogen) atoms. The summed E-state index contributed by atoms with van der Waals surface area (Å²) in [5, 5.41) is 10.1. The van der Waals surface area contributed by atoms with Gasteiger partial charge in [-0.15, -0.1) is 0 Å². The van der Waals surface area contributed by atoms with E-state index in [9.17, 15) is 4.79 Å². The predicted octanol–water partition coefficient (Wildman–Crippen LogP) is 3.36. The third-order valence-electron chi connectivity index (χ3n) is 4.53. The fourth-order valence-corrected chi connectivity index (χ4v) is 3.78. The van der Waals surface area contributed by atoms with Crippen molar-refractivity contribution in [2.24, 2.45) is 0 Å². The first-order valence-corrected chi connectivity index (χ1v) is 9.82. The Bertz CT molecular complexity index is 717. The number of carbonyl (C=O) groups excluding carboxylic acids is 1. The Morgan fingerprint density at radius 1 is 1.19 bits per heavy atom. The van der Waals surface area contributed by atoms with Gasteiger partial charge in [0.1, 0.15) is 0 Å². The molecule has 1 aromatic heterocycles. The maximum atomic E-state index is 12.2. The number of nitrogens with zero attached hydrogens (tertiary/aromatic N) is 1. The van der Waals surface area contributed by atoms with Crippen LogP contribution < -0.4 is 20.1 Å². The number of hydrogen-bond donors (Lipinski definition) is 2. The van der Waals surface area contributed by atoms with Crippen LogP contribution in [0.3, 0.4) is 0 Å². The Hall–Kier alpha value is -2.25. The van der Waals surface area contributed by atoms with Crippen LogP contribution in [0.15, 0.2) is 35.0 Å². The molecular weight excluding hydrogens is 350 g/mol. The maximum absolute atomic E-state index is 12.2. The molecule has 1 aromatic carbocycles. The van der Waals surface area contributed by atoms with E-state index in [1.165, 1.54) is 5.56 Å². The lowest BCUT2D eigenvalue weighted by atomic mass is 10.1. The van der Waals surface area contributed by atoms with Crippen LogP contribution in [0.4, 0.5) is 4.79 Å². The molecule has 0 unspecified atom stereocenters. The number of carbonyl (C=O) groups is 1. The van der Waals surface area contributed by atoms with Gasteiger partial charge in [0.2, 0.25) is 6.79 Å². The average Bonchev–Trinajstić information content (AvgIpc) is 3.34. The van der Waals surface area contributed by atoms with Crippen molar-refractivity contribution in [3.63, 3.8) is 0 Å². The van der Waals surface area contributed by atoms with E-state index in [-0.39, 0.29) is 18.9 Å². The second-order valence-corrected chi connectivity index (χ2v) is 6.82. The molecule has 0 aliphatic carbocycles. The number of amides is 2.